The number of nitrogens with zero attached hydrogens (tertiary/aromatic N) is 6. The maximum absolute atomic E-state index is 14.1. The van der Waals surface area contributed by atoms with Crippen LogP contribution in [0.2, 0.25) is 0 Å². The molecule has 5 aliphatic rings. The number of benzene rings is 1. The number of carbonyl (C=O) groups excluding carboxylic acids is 2. The summed E-state index contributed by atoms with van der Waals surface area (Å²) in [6.45, 7) is 8.92. The molecule has 0 unspecified atom stereocenters. The second kappa shape index (κ2) is 14.4. The SMILES string of the molecule is CC1CCC(N2CCN3C(=O)c4ccccc4OCC[C@@H]4CC[C@@H](n5cc(CN6CCOCC6)nn5)[C@@H](CNC(=O)[C@@H]3C2)O4)CC1. The van der Waals surface area contributed by atoms with Crippen molar-refractivity contribution in [3.05, 3.63) is 41.7 Å². The van der Waals surface area contributed by atoms with Crippen molar-refractivity contribution in [2.24, 2.45) is 5.92 Å². The average Bonchev–Trinajstić information content (AvgIpc) is 3.55. The monoisotopic (exact) mass is 635 g/mol. The molecule has 4 atom stereocenters. The third kappa shape index (κ3) is 7.10. The molecular formula is C34H49N7O5. The van der Waals surface area contributed by atoms with Gasteiger partial charge in [-0.2, -0.15) is 0 Å². The number of piperazine rings is 1. The van der Waals surface area contributed by atoms with Crippen molar-refractivity contribution in [1.29, 1.82) is 0 Å². The molecule has 7 rings (SSSR count). The van der Waals surface area contributed by atoms with Crippen molar-refractivity contribution in [2.45, 2.75) is 88.7 Å². The lowest BCUT2D eigenvalue weighted by Gasteiger charge is -2.45. The molecule has 2 amide bonds. The molecule has 4 aliphatic heterocycles. The highest BCUT2D eigenvalue weighted by Gasteiger charge is 2.41. The second-order valence-corrected chi connectivity index (χ2v) is 13.8. The minimum absolute atomic E-state index is 0.0179. The number of nitrogens with one attached hydrogen (secondary N) is 1. The van der Waals surface area contributed by atoms with Gasteiger partial charge in [0, 0.05) is 58.3 Å². The summed E-state index contributed by atoms with van der Waals surface area (Å²) in [6.07, 6.45) is 8.85. The van der Waals surface area contributed by atoms with E-state index < -0.39 is 6.04 Å². The van der Waals surface area contributed by atoms with Gasteiger partial charge < -0.3 is 24.4 Å². The fraction of sp³-hybridized carbons (Fsp3) is 0.706. The Bertz CT molecular complexity index is 1340. The van der Waals surface area contributed by atoms with Crippen molar-refractivity contribution in [3.63, 3.8) is 0 Å². The van der Waals surface area contributed by atoms with Crippen molar-refractivity contribution in [1.82, 2.24) is 35.0 Å². The van der Waals surface area contributed by atoms with Gasteiger partial charge in [0.05, 0.1) is 55.5 Å². The molecule has 0 radical (unpaired) electrons. The largest absolute Gasteiger partial charge is 0.493 e. The maximum Gasteiger partial charge on any atom is 0.258 e. The Morgan fingerprint density at radius 3 is 2.61 bits per heavy atom. The van der Waals surface area contributed by atoms with Gasteiger partial charge in [0.25, 0.3) is 5.91 Å². The van der Waals surface area contributed by atoms with Crippen LogP contribution in [0.3, 0.4) is 0 Å². The van der Waals surface area contributed by atoms with Crippen LogP contribution >= 0.6 is 0 Å². The summed E-state index contributed by atoms with van der Waals surface area (Å²) in [5, 5.41) is 12.3. The van der Waals surface area contributed by atoms with Crippen LogP contribution < -0.4 is 10.1 Å². The molecule has 1 N–H and O–H groups in total. The number of carbonyl (C=O) groups is 2. The van der Waals surface area contributed by atoms with Crippen molar-refractivity contribution >= 4 is 11.8 Å². The lowest BCUT2D eigenvalue weighted by molar-refractivity contribution is -0.131. The summed E-state index contributed by atoms with van der Waals surface area (Å²) in [7, 11) is 0. The first-order valence-electron chi connectivity index (χ1n) is 17.4. The van der Waals surface area contributed by atoms with Crippen LogP contribution in [0.1, 0.15) is 74.0 Å². The second-order valence-electron chi connectivity index (χ2n) is 13.8. The smallest absolute Gasteiger partial charge is 0.258 e. The Morgan fingerprint density at radius 2 is 1.76 bits per heavy atom. The first kappa shape index (κ1) is 31.5. The van der Waals surface area contributed by atoms with Crippen LogP contribution in [0.4, 0.5) is 0 Å². The van der Waals surface area contributed by atoms with Gasteiger partial charge in [0.15, 0.2) is 0 Å². The molecule has 12 nitrogen and oxygen atoms in total. The molecule has 1 saturated carbocycles. The molecule has 2 aromatic rings. The van der Waals surface area contributed by atoms with Gasteiger partial charge in [-0.1, -0.05) is 24.3 Å². The average molecular weight is 636 g/mol. The standard InChI is InChI=1S/C34H49N7O5/c1-24-6-8-26(9-7-24)39-13-14-40-30(23-39)33(42)35-20-32-29(41-22-25(36-37-41)21-38-15-18-44-19-16-38)11-10-27(46-32)12-17-45-31-5-3-2-4-28(31)34(40)43/h2-5,22,24,26-27,29-30,32H,6-21,23H2,1H3,(H,35,42)/t24?,26?,27-,29+,30-,32+/m0/s1. The quantitative estimate of drug-likeness (QED) is 0.542. The summed E-state index contributed by atoms with van der Waals surface area (Å²) < 4.78 is 20.3. The van der Waals surface area contributed by atoms with E-state index in [1.54, 1.807) is 4.90 Å². The Hall–Kier alpha value is -3.06. The van der Waals surface area contributed by atoms with Crippen molar-refractivity contribution < 1.29 is 23.8 Å². The highest BCUT2D eigenvalue weighted by atomic mass is 16.5. The van der Waals surface area contributed by atoms with Gasteiger partial charge in [-0.15, -0.1) is 5.10 Å². The number of aromatic nitrogens is 3. The third-order valence-corrected chi connectivity index (χ3v) is 10.7. The van der Waals surface area contributed by atoms with Crippen molar-refractivity contribution in [3.8, 4) is 5.75 Å². The molecule has 1 aromatic carbocycles. The van der Waals surface area contributed by atoms with E-state index in [4.69, 9.17) is 14.2 Å². The van der Waals surface area contributed by atoms with E-state index in [0.29, 0.717) is 50.0 Å². The first-order valence-corrected chi connectivity index (χ1v) is 17.4. The van der Waals surface area contributed by atoms with Crippen LogP contribution in [0.5, 0.6) is 5.75 Å². The summed E-state index contributed by atoms with van der Waals surface area (Å²) in [6, 6.07) is 7.23. The van der Waals surface area contributed by atoms with Gasteiger partial charge in [-0.25, -0.2) is 4.68 Å². The predicted octanol–water partition coefficient (Wildman–Crippen LogP) is 2.50. The zero-order valence-corrected chi connectivity index (χ0v) is 27.1. The molecule has 2 bridgehead atoms. The highest BCUT2D eigenvalue weighted by Crippen LogP contribution is 2.32. The number of ether oxygens (including phenoxy) is 3. The fourth-order valence-electron chi connectivity index (χ4n) is 7.94. The summed E-state index contributed by atoms with van der Waals surface area (Å²) in [4.78, 5) is 34.8. The zero-order valence-electron chi connectivity index (χ0n) is 27.1. The number of morpholine rings is 1. The van der Waals surface area contributed by atoms with Crippen LogP contribution in [-0.2, 0) is 20.8 Å². The molecule has 1 aliphatic carbocycles. The fourth-order valence-corrected chi connectivity index (χ4v) is 7.94. The minimum atomic E-state index is -0.596. The maximum atomic E-state index is 14.1. The first-order chi connectivity index (χ1) is 22.5. The topological polar surface area (TPSA) is 114 Å². The minimum Gasteiger partial charge on any atom is -0.493 e. The normalized spacial score (nSPS) is 32.1. The number of rotatable bonds is 4. The number of hydrogen-bond acceptors (Lipinski definition) is 9. The Morgan fingerprint density at radius 1 is 0.935 bits per heavy atom. The van der Waals surface area contributed by atoms with E-state index in [2.05, 4.69) is 32.4 Å². The lowest BCUT2D eigenvalue weighted by atomic mass is 9.86. The Kier molecular flexibility index (Phi) is 9.85. The van der Waals surface area contributed by atoms with E-state index in [9.17, 15) is 9.59 Å². The van der Waals surface area contributed by atoms with Gasteiger partial charge >= 0.3 is 0 Å². The number of hydrogen-bond donors (Lipinski definition) is 1. The Balaban J connectivity index is 1.11. The molecule has 46 heavy (non-hydrogen) atoms. The molecular weight excluding hydrogens is 586 g/mol. The van der Waals surface area contributed by atoms with E-state index >= 15 is 0 Å². The van der Waals surface area contributed by atoms with Crippen LogP contribution in [0.15, 0.2) is 30.5 Å². The molecule has 12 heteroatoms. The summed E-state index contributed by atoms with van der Waals surface area (Å²) in [5.41, 5.74) is 1.44. The third-order valence-electron chi connectivity index (χ3n) is 10.7. The van der Waals surface area contributed by atoms with E-state index in [1.165, 1.54) is 12.8 Å². The van der Waals surface area contributed by atoms with Crippen LogP contribution in [-0.4, -0.2) is 125 Å². The molecule has 0 spiro atoms. The predicted molar refractivity (Wildman–Crippen MR) is 170 cm³/mol. The molecule has 5 heterocycles. The molecule has 250 valence electrons. The molecule has 3 saturated heterocycles. The van der Waals surface area contributed by atoms with Gasteiger partial charge in [-0.05, 0) is 56.6 Å². The van der Waals surface area contributed by atoms with Gasteiger partial charge in [0.1, 0.15) is 11.8 Å². The lowest BCUT2D eigenvalue weighted by Crippen LogP contribution is -2.63. The van der Waals surface area contributed by atoms with E-state index in [0.717, 1.165) is 76.7 Å². The summed E-state index contributed by atoms with van der Waals surface area (Å²) in [5.74, 6) is 1.04. The Labute approximate surface area is 271 Å². The highest BCUT2D eigenvalue weighted by molar-refractivity contribution is 6.00. The van der Waals surface area contributed by atoms with E-state index in [1.807, 2.05) is 35.1 Å². The summed E-state index contributed by atoms with van der Waals surface area (Å²) >= 11 is 0. The van der Waals surface area contributed by atoms with Crippen LogP contribution in [0.25, 0.3) is 0 Å². The zero-order chi connectivity index (χ0) is 31.5. The molecule has 1 aromatic heterocycles. The number of para-hydroxylation sites is 1. The molecule has 4 fully saturated rings. The van der Waals surface area contributed by atoms with Gasteiger partial charge in [0.2, 0.25) is 5.91 Å². The van der Waals surface area contributed by atoms with Crippen molar-refractivity contribution in [2.75, 3.05) is 59.1 Å². The van der Waals surface area contributed by atoms with E-state index in [-0.39, 0.29) is 30.1 Å². The van der Waals surface area contributed by atoms with Gasteiger partial charge in [-0.3, -0.25) is 19.4 Å². The number of fused-ring (bicyclic) bond motifs is 4. The van der Waals surface area contributed by atoms with Crippen LogP contribution in [0, 0.1) is 5.92 Å². The number of amides is 2.